The molecule has 156 valence electrons. The largest absolute Gasteiger partial charge is 0.378 e. The first kappa shape index (κ1) is 19.0. The number of fused-ring (bicyclic) bond motifs is 1. The third-order valence-corrected chi connectivity index (χ3v) is 5.72. The number of piperazine rings is 1. The lowest BCUT2D eigenvalue weighted by molar-refractivity contribution is 0.122. The first-order valence-corrected chi connectivity index (χ1v) is 10.5. The molecule has 3 fully saturated rings. The minimum atomic E-state index is 0.382. The van der Waals surface area contributed by atoms with Crippen molar-refractivity contribution in [1.29, 1.82) is 0 Å². The highest BCUT2D eigenvalue weighted by molar-refractivity contribution is 6.32. The fourth-order valence-corrected chi connectivity index (χ4v) is 4.12. The van der Waals surface area contributed by atoms with Gasteiger partial charge in [0.15, 0.2) is 28.0 Å². The molecule has 1 N–H and O–H groups in total. The lowest BCUT2D eigenvalue weighted by atomic mass is 10.3. The van der Waals surface area contributed by atoms with Gasteiger partial charge in [0.1, 0.15) is 0 Å². The second kappa shape index (κ2) is 8.39. The highest BCUT2D eigenvalue weighted by Crippen LogP contribution is 2.30. The topological polar surface area (TPSA) is 91.8 Å². The summed E-state index contributed by atoms with van der Waals surface area (Å²) in [5.41, 5.74) is 1.23. The predicted molar refractivity (Wildman–Crippen MR) is 111 cm³/mol. The monoisotopic (exact) mass is 420 g/mol. The first-order valence-electron chi connectivity index (χ1n) is 10.2. The summed E-state index contributed by atoms with van der Waals surface area (Å²) in [5, 5.41) is 3.75. The SMILES string of the molecule is Clc1nc2c(N3CCOCC3)nc(N3CCNCC3)nc2nc1N1CCOCC1. The number of nitrogens with one attached hydrogen (secondary N) is 1. The molecule has 0 atom stereocenters. The Kier molecular flexibility index (Phi) is 5.49. The summed E-state index contributed by atoms with van der Waals surface area (Å²) >= 11 is 6.56. The maximum Gasteiger partial charge on any atom is 0.229 e. The van der Waals surface area contributed by atoms with Crippen molar-refractivity contribution in [3.8, 4) is 0 Å². The minimum Gasteiger partial charge on any atom is -0.378 e. The minimum absolute atomic E-state index is 0.382. The van der Waals surface area contributed by atoms with Crippen molar-refractivity contribution in [2.24, 2.45) is 0 Å². The molecule has 3 saturated heterocycles. The molecule has 0 spiro atoms. The third-order valence-electron chi connectivity index (χ3n) is 5.46. The average Bonchev–Trinajstić information content (AvgIpc) is 2.80. The van der Waals surface area contributed by atoms with Gasteiger partial charge in [-0.05, 0) is 0 Å². The molecule has 3 aliphatic rings. The molecule has 0 aromatic carbocycles. The van der Waals surface area contributed by atoms with Crippen molar-refractivity contribution in [3.05, 3.63) is 5.15 Å². The third kappa shape index (κ3) is 3.89. The van der Waals surface area contributed by atoms with Gasteiger partial charge in [-0.2, -0.15) is 9.97 Å². The standard InChI is InChI=1S/C18H25ClN8O2/c19-14-17(26-7-11-29-12-8-26)22-15-13(21-14)16(25-5-9-28-10-6-25)24-18(23-15)27-3-1-20-2-4-27/h20H,1-12H2. The number of ether oxygens (including phenoxy) is 2. The zero-order valence-electron chi connectivity index (χ0n) is 16.3. The van der Waals surface area contributed by atoms with Crippen LogP contribution in [-0.4, -0.2) is 98.7 Å². The molecule has 2 aromatic rings. The highest BCUT2D eigenvalue weighted by atomic mass is 35.5. The Morgan fingerprint density at radius 2 is 1.31 bits per heavy atom. The second-order valence-electron chi connectivity index (χ2n) is 7.29. The summed E-state index contributed by atoms with van der Waals surface area (Å²) in [6, 6.07) is 0. The second-order valence-corrected chi connectivity index (χ2v) is 7.65. The van der Waals surface area contributed by atoms with E-state index in [1.54, 1.807) is 0 Å². The van der Waals surface area contributed by atoms with Gasteiger partial charge in [-0.3, -0.25) is 0 Å². The molecule has 0 radical (unpaired) electrons. The number of anilines is 3. The highest BCUT2D eigenvalue weighted by Gasteiger charge is 2.25. The van der Waals surface area contributed by atoms with Gasteiger partial charge in [0, 0.05) is 52.4 Å². The molecule has 0 saturated carbocycles. The van der Waals surface area contributed by atoms with Gasteiger partial charge in [-0.25, -0.2) is 9.97 Å². The number of morpholine rings is 2. The van der Waals surface area contributed by atoms with E-state index in [1.165, 1.54) is 0 Å². The summed E-state index contributed by atoms with van der Waals surface area (Å²) in [5.74, 6) is 2.15. The summed E-state index contributed by atoms with van der Waals surface area (Å²) in [6.45, 7) is 9.22. The summed E-state index contributed by atoms with van der Waals surface area (Å²) in [6.07, 6.45) is 0. The van der Waals surface area contributed by atoms with Gasteiger partial charge in [0.05, 0.1) is 26.4 Å². The quantitative estimate of drug-likeness (QED) is 0.740. The number of hydrogen-bond donors (Lipinski definition) is 1. The average molecular weight is 421 g/mol. The number of rotatable bonds is 3. The van der Waals surface area contributed by atoms with Crippen LogP contribution in [-0.2, 0) is 9.47 Å². The molecule has 0 amide bonds. The molecule has 0 aliphatic carbocycles. The maximum absolute atomic E-state index is 6.56. The normalized spacial score (nSPS) is 21.1. The van der Waals surface area contributed by atoms with Crippen LogP contribution in [0.5, 0.6) is 0 Å². The van der Waals surface area contributed by atoms with E-state index in [0.29, 0.717) is 54.5 Å². The smallest absolute Gasteiger partial charge is 0.229 e. The number of hydrogen-bond acceptors (Lipinski definition) is 10. The lowest BCUT2D eigenvalue weighted by Gasteiger charge is -2.32. The van der Waals surface area contributed by atoms with Crippen molar-refractivity contribution in [2.45, 2.75) is 0 Å². The molecular weight excluding hydrogens is 396 g/mol. The molecule has 5 heterocycles. The molecule has 5 rings (SSSR count). The maximum atomic E-state index is 6.56. The van der Waals surface area contributed by atoms with Gasteiger partial charge in [-0.15, -0.1) is 0 Å². The van der Waals surface area contributed by atoms with Gasteiger partial charge in [-0.1, -0.05) is 11.6 Å². The van der Waals surface area contributed by atoms with Gasteiger partial charge < -0.3 is 29.5 Å². The van der Waals surface area contributed by atoms with Crippen molar-refractivity contribution in [2.75, 3.05) is 93.5 Å². The van der Waals surface area contributed by atoms with E-state index < -0.39 is 0 Å². The van der Waals surface area contributed by atoms with Crippen LogP contribution in [0.15, 0.2) is 0 Å². The Bertz CT molecular complexity index is 867. The summed E-state index contributed by atoms with van der Waals surface area (Å²) in [4.78, 5) is 25.7. The van der Waals surface area contributed by atoms with Crippen LogP contribution in [0.25, 0.3) is 11.2 Å². The molecule has 10 nitrogen and oxygen atoms in total. The van der Waals surface area contributed by atoms with E-state index in [2.05, 4.69) is 20.0 Å². The van der Waals surface area contributed by atoms with Crippen molar-refractivity contribution in [1.82, 2.24) is 25.3 Å². The molecule has 0 bridgehead atoms. The van der Waals surface area contributed by atoms with Crippen LogP contribution >= 0.6 is 11.6 Å². The molecule has 29 heavy (non-hydrogen) atoms. The number of halogens is 1. The Labute approximate surface area is 174 Å². The van der Waals surface area contributed by atoms with Crippen LogP contribution in [0.4, 0.5) is 17.6 Å². The van der Waals surface area contributed by atoms with E-state index >= 15 is 0 Å². The number of aromatic nitrogens is 4. The fourth-order valence-electron chi connectivity index (χ4n) is 3.87. The Morgan fingerprint density at radius 1 is 0.690 bits per heavy atom. The van der Waals surface area contributed by atoms with E-state index in [1.807, 2.05) is 0 Å². The fraction of sp³-hybridized carbons (Fsp3) is 0.667. The van der Waals surface area contributed by atoms with E-state index in [4.69, 9.17) is 41.0 Å². The summed E-state index contributed by atoms with van der Waals surface area (Å²) in [7, 11) is 0. The van der Waals surface area contributed by atoms with Gasteiger partial charge in [0.2, 0.25) is 5.95 Å². The van der Waals surface area contributed by atoms with Gasteiger partial charge in [0.25, 0.3) is 0 Å². The van der Waals surface area contributed by atoms with E-state index in [-0.39, 0.29) is 0 Å². The zero-order chi connectivity index (χ0) is 19.6. The van der Waals surface area contributed by atoms with Gasteiger partial charge >= 0.3 is 0 Å². The van der Waals surface area contributed by atoms with Crippen LogP contribution in [0.3, 0.4) is 0 Å². The van der Waals surface area contributed by atoms with E-state index in [9.17, 15) is 0 Å². The Hall–Kier alpha value is -2.01. The van der Waals surface area contributed by atoms with Crippen molar-refractivity contribution < 1.29 is 9.47 Å². The molecule has 0 unspecified atom stereocenters. The van der Waals surface area contributed by atoms with Crippen LogP contribution in [0.2, 0.25) is 5.15 Å². The lowest BCUT2D eigenvalue weighted by Crippen LogP contribution is -2.44. The number of nitrogens with zero attached hydrogens (tertiary/aromatic N) is 7. The molecule has 3 aliphatic heterocycles. The molecular formula is C18H25ClN8O2. The first-order chi connectivity index (χ1) is 14.3. The summed E-state index contributed by atoms with van der Waals surface area (Å²) < 4.78 is 11.0. The van der Waals surface area contributed by atoms with Crippen LogP contribution in [0.1, 0.15) is 0 Å². The Balaban J connectivity index is 1.60. The predicted octanol–water partition coefficient (Wildman–Crippen LogP) is 0.156. The van der Waals surface area contributed by atoms with Crippen molar-refractivity contribution in [3.63, 3.8) is 0 Å². The zero-order valence-corrected chi connectivity index (χ0v) is 17.1. The van der Waals surface area contributed by atoms with Crippen molar-refractivity contribution >= 4 is 40.3 Å². The van der Waals surface area contributed by atoms with E-state index in [0.717, 1.165) is 58.2 Å². The van der Waals surface area contributed by atoms with Crippen LogP contribution in [0, 0.1) is 0 Å². The Morgan fingerprint density at radius 3 is 1.97 bits per heavy atom. The van der Waals surface area contributed by atoms with Crippen LogP contribution < -0.4 is 20.0 Å². The molecule has 11 heteroatoms. The molecule has 2 aromatic heterocycles.